The summed E-state index contributed by atoms with van der Waals surface area (Å²) in [5, 5.41) is 0. The highest BCUT2D eigenvalue weighted by atomic mass is 35.5. The van der Waals surface area contributed by atoms with E-state index < -0.39 is 0 Å². The minimum Gasteiger partial charge on any atom is -0.379 e. The monoisotopic (exact) mass is 616 g/mol. The molecule has 0 aliphatic carbocycles. The molecule has 0 aliphatic heterocycles. The summed E-state index contributed by atoms with van der Waals surface area (Å²) >= 11 is 5.65. The minimum absolute atomic E-state index is 0.519. The van der Waals surface area contributed by atoms with Crippen LogP contribution in [0.1, 0.15) is 25.7 Å². The number of unbranched alkanes of at least 4 members (excludes halogenated alkanes) is 3. The van der Waals surface area contributed by atoms with Crippen LogP contribution in [0, 0.1) is 0 Å². The maximum Gasteiger partial charge on any atom is 0.0704 e. The number of ether oxygens (including phenoxy) is 11. The van der Waals surface area contributed by atoms with Gasteiger partial charge in [0.1, 0.15) is 0 Å². The second-order valence-corrected chi connectivity index (χ2v) is 8.97. The topological polar surface area (TPSA) is 102 Å². The lowest BCUT2D eigenvalue weighted by molar-refractivity contribution is -0.0273. The van der Waals surface area contributed by atoms with E-state index in [4.69, 9.17) is 63.7 Å². The largest absolute Gasteiger partial charge is 0.379 e. The summed E-state index contributed by atoms with van der Waals surface area (Å²) < 4.78 is 59.8. The van der Waals surface area contributed by atoms with E-state index in [-0.39, 0.29) is 0 Å². The molecule has 0 aliphatic rings. The number of hydrogen-bond acceptors (Lipinski definition) is 11. The lowest BCUT2D eigenvalue weighted by Gasteiger charge is -2.09. The first kappa shape index (κ1) is 40.6. The molecule has 0 N–H and O–H groups in total. The fraction of sp³-hybridized carbons (Fsp3) is 0.931. The maximum absolute atomic E-state index is 5.65. The summed E-state index contributed by atoms with van der Waals surface area (Å²) in [5.74, 6) is 0.745. The van der Waals surface area contributed by atoms with Crippen LogP contribution in [-0.2, 0) is 52.1 Å². The van der Waals surface area contributed by atoms with Crippen molar-refractivity contribution in [2.75, 3.05) is 151 Å². The van der Waals surface area contributed by atoms with E-state index in [1.807, 2.05) is 0 Å². The van der Waals surface area contributed by atoms with Crippen LogP contribution in [-0.4, -0.2) is 151 Å². The van der Waals surface area contributed by atoms with Gasteiger partial charge in [0.25, 0.3) is 0 Å². The average Bonchev–Trinajstić information content (AvgIpc) is 2.98. The molecule has 0 rings (SSSR count). The second kappa shape index (κ2) is 39.6. The molecule has 0 unspecified atom stereocenters. The summed E-state index contributed by atoms with van der Waals surface area (Å²) in [6, 6.07) is 0. The van der Waals surface area contributed by atoms with Crippen LogP contribution in [0.15, 0.2) is 12.7 Å². The third-order valence-corrected chi connectivity index (χ3v) is 5.40. The molecule has 0 atom stereocenters. The number of hydrogen-bond donors (Lipinski definition) is 0. The molecule has 0 aromatic rings. The summed E-state index contributed by atoms with van der Waals surface area (Å²) in [7, 11) is 0. The van der Waals surface area contributed by atoms with Crippen LogP contribution in [0.5, 0.6) is 0 Å². The lowest BCUT2D eigenvalue weighted by atomic mass is 10.2. The van der Waals surface area contributed by atoms with Crippen LogP contribution < -0.4 is 0 Å². The molecule has 11 nitrogen and oxygen atoms in total. The summed E-state index contributed by atoms with van der Waals surface area (Å²) in [5.41, 5.74) is 0. The Kier molecular flexibility index (Phi) is 39.2. The highest BCUT2D eigenvalue weighted by molar-refractivity contribution is 6.17. The first-order valence-corrected chi connectivity index (χ1v) is 15.5. The highest BCUT2D eigenvalue weighted by Gasteiger charge is 1.96. The predicted molar refractivity (Wildman–Crippen MR) is 158 cm³/mol. The molecule has 12 heteroatoms. The van der Waals surface area contributed by atoms with E-state index in [0.717, 1.165) is 25.3 Å². The SMILES string of the molecule is C=CCOCCOCCOCCOCCOCCOCCOCCOCCOCCOCCOCCCCCCCl. The van der Waals surface area contributed by atoms with Crippen molar-refractivity contribution in [1.29, 1.82) is 0 Å². The van der Waals surface area contributed by atoms with Crippen LogP contribution in [0.2, 0.25) is 0 Å². The maximum atomic E-state index is 5.65. The first-order valence-electron chi connectivity index (χ1n) is 14.9. The van der Waals surface area contributed by atoms with Crippen molar-refractivity contribution in [2.24, 2.45) is 0 Å². The van der Waals surface area contributed by atoms with Crippen LogP contribution in [0.25, 0.3) is 0 Å². The van der Waals surface area contributed by atoms with Crippen molar-refractivity contribution in [1.82, 2.24) is 0 Å². The van der Waals surface area contributed by atoms with Gasteiger partial charge in [-0.1, -0.05) is 18.9 Å². The number of rotatable bonds is 38. The molecule has 0 fully saturated rings. The standard InChI is InChI=1S/C29H57ClO11/c1-2-8-31-10-12-33-14-16-35-18-20-37-22-24-39-26-28-41-29-27-40-25-23-38-21-19-36-17-15-34-13-11-32-9-6-4-3-5-7-30/h2H,1,3-29H2. The van der Waals surface area contributed by atoms with Gasteiger partial charge in [0.15, 0.2) is 0 Å². The Labute approximate surface area is 253 Å². The Balaban J connectivity index is 3.02. The van der Waals surface area contributed by atoms with E-state index in [1.54, 1.807) is 6.08 Å². The van der Waals surface area contributed by atoms with E-state index in [9.17, 15) is 0 Å². The van der Waals surface area contributed by atoms with Gasteiger partial charge >= 0.3 is 0 Å². The van der Waals surface area contributed by atoms with Gasteiger partial charge < -0.3 is 52.1 Å². The van der Waals surface area contributed by atoms with Crippen LogP contribution >= 0.6 is 11.6 Å². The number of halogens is 1. The van der Waals surface area contributed by atoms with Gasteiger partial charge in [-0.05, 0) is 12.8 Å². The van der Waals surface area contributed by atoms with E-state index in [0.29, 0.717) is 139 Å². The van der Waals surface area contributed by atoms with E-state index in [2.05, 4.69) is 6.58 Å². The Morgan fingerprint density at radius 2 is 0.561 bits per heavy atom. The predicted octanol–water partition coefficient (Wildman–Crippen LogP) is 3.15. The van der Waals surface area contributed by atoms with Gasteiger partial charge in [0.2, 0.25) is 0 Å². The molecule has 0 aromatic heterocycles. The van der Waals surface area contributed by atoms with Crippen molar-refractivity contribution in [2.45, 2.75) is 25.7 Å². The van der Waals surface area contributed by atoms with Crippen molar-refractivity contribution >= 4 is 11.6 Å². The summed E-state index contributed by atoms with van der Waals surface area (Å²) in [6.07, 6.45) is 6.22. The average molecular weight is 617 g/mol. The quantitative estimate of drug-likeness (QED) is 0.0581. The molecule has 0 saturated heterocycles. The van der Waals surface area contributed by atoms with Crippen molar-refractivity contribution in [3.05, 3.63) is 12.7 Å². The first-order chi connectivity index (χ1) is 20.4. The third-order valence-electron chi connectivity index (χ3n) is 5.13. The molecule has 41 heavy (non-hydrogen) atoms. The Morgan fingerprint density at radius 3 is 0.829 bits per heavy atom. The van der Waals surface area contributed by atoms with Crippen molar-refractivity contribution < 1.29 is 52.1 Å². The van der Waals surface area contributed by atoms with E-state index >= 15 is 0 Å². The van der Waals surface area contributed by atoms with Gasteiger partial charge in [-0.2, -0.15) is 0 Å². The van der Waals surface area contributed by atoms with Gasteiger partial charge in [-0.3, -0.25) is 0 Å². The van der Waals surface area contributed by atoms with Gasteiger partial charge in [0.05, 0.1) is 139 Å². The minimum atomic E-state index is 0.519. The molecule has 0 heterocycles. The van der Waals surface area contributed by atoms with Crippen LogP contribution in [0.4, 0.5) is 0 Å². The third kappa shape index (κ3) is 39.6. The lowest BCUT2D eigenvalue weighted by Crippen LogP contribution is -2.15. The normalized spacial score (nSPS) is 11.4. The number of alkyl halides is 1. The molecule has 0 radical (unpaired) electrons. The Hall–Kier alpha value is -0.410. The van der Waals surface area contributed by atoms with Gasteiger partial charge in [-0.25, -0.2) is 0 Å². The highest BCUT2D eigenvalue weighted by Crippen LogP contribution is 2.01. The Morgan fingerprint density at radius 1 is 0.317 bits per heavy atom. The Bertz CT molecular complexity index is 478. The van der Waals surface area contributed by atoms with Crippen LogP contribution in [0.3, 0.4) is 0 Å². The fourth-order valence-corrected chi connectivity index (χ4v) is 3.21. The molecule has 0 amide bonds. The van der Waals surface area contributed by atoms with Gasteiger partial charge in [-0.15, -0.1) is 18.2 Å². The fourth-order valence-electron chi connectivity index (χ4n) is 3.02. The molecule has 0 saturated carbocycles. The smallest absolute Gasteiger partial charge is 0.0704 e. The molecule has 0 aromatic carbocycles. The second-order valence-electron chi connectivity index (χ2n) is 8.59. The molecular weight excluding hydrogens is 560 g/mol. The zero-order chi connectivity index (χ0) is 29.6. The van der Waals surface area contributed by atoms with E-state index in [1.165, 1.54) is 12.8 Å². The molecule has 246 valence electrons. The van der Waals surface area contributed by atoms with Crippen molar-refractivity contribution in [3.63, 3.8) is 0 Å². The molecular formula is C29H57ClO11. The summed E-state index contributed by atoms with van der Waals surface area (Å²) in [6.45, 7) is 15.7. The summed E-state index contributed by atoms with van der Waals surface area (Å²) in [4.78, 5) is 0. The zero-order valence-corrected chi connectivity index (χ0v) is 26.0. The van der Waals surface area contributed by atoms with Gasteiger partial charge in [0, 0.05) is 12.5 Å². The zero-order valence-electron chi connectivity index (χ0n) is 25.2. The molecule has 0 spiro atoms. The molecule has 0 bridgehead atoms. The van der Waals surface area contributed by atoms with Crippen molar-refractivity contribution in [3.8, 4) is 0 Å².